The van der Waals surface area contributed by atoms with E-state index in [1.165, 1.54) is 18.2 Å². The number of ketones is 1. The molecule has 2 aliphatic carbocycles. The normalized spacial score (nSPS) is 29.0. The SMILES string of the molecule is Cc1ccc(C(=O)CN(C(=O)c2ccc(Cl)cc2Cl)N2C(=O)[C@@H]3[C@H]4C[C@@H]([C@@H](Br)[C@H]4Br)[C@H]3C2=O)cc1. The third kappa shape index (κ3) is 4.06. The number of imide groups is 1. The molecule has 3 amide bonds. The molecule has 3 fully saturated rings. The second-order valence-corrected chi connectivity index (χ2v) is 12.2. The predicted octanol–water partition coefficient (Wildman–Crippen LogP) is 5.32. The molecule has 3 aliphatic rings. The molecule has 1 aliphatic heterocycles. The van der Waals surface area contributed by atoms with Crippen LogP contribution in [0, 0.1) is 30.6 Å². The number of amides is 3. The largest absolute Gasteiger partial charge is 0.292 e. The molecule has 0 radical (unpaired) electrons. The van der Waals surface area contributed by atoms with Crippen LogP contribution in [0.25, 0.3) is 0 Å². The molecule has 1 saturated heterocycles. The van der Waals surface area contributed by atoms with E-state index in [9.17, 15) is 19.2 Å². The van der Waals surface area contributed by atoms with Crippen LogP contribution in [0.5, 0.6) is 0 Å². The highest BCUT2D eigenvalue weighted by atomic mass is 79.9. The van der Waals surface area contributed by atoms with Gasteiger partial charge in [0.25, 0.3) is 17.7 Å². The fourth-order valence-electron chi connectivity index (χ4n) is 5.57. The number of nitrogens with zero attached hydrogens (tertiary/aromatic N) is 2. The average molecular weight is 643 g/mol. The first kappa shape index (κ1) is 24.9. The van der Waals surface area contributed by atoms with Crippen LogP contribution < -0.4 is 0 Å². The lowest BCUT2D eigenvalue weighted by molar-refractivity contribution is -0.154. The first-order chi connectivity index (χ1) is 16.6. The number of halogens is 4. The maximum absolute atomic E-state index is 13.7. The summed E-state index contributed by atoms with van der Waals surface area (Å²) >= 11 is 19.6. The molecule has 0 N–H and O–H groups in total. The van der Waals surface area contributed by atoms with Gasteiger partial charge in [0.2, 0.25) is 0 Å². The summed E-state index contributed by atoms with van der Waals surface area (Å²) in [6, 6.07) is 11.2. The zero-order valence-corrected chi connectivity index (χ0v) is 23.1. The zero-order chi connectivity index (χ0) is 25.2. The topological polar surface area (TPSA) is 74.8 Å². The highest BCUT2D eigenvalue weighted by Crippen LogP contribution is 2.60. The minimum Gasteiger partial charge on any atom is -0.292 e. The Morgan fingerprint density at radius 1 is 0.971 bits per heavy atom. The highest BCUT2D eigenvalue weighted by molar-refractivity contribution is 9.12. The fourth-order valence-corrected chi connectivity index (χ4v) is 7.94. The van der Waals surface area contributed by atoms with Gasteiger partial charge in [-0.1, -0.05) is 84.9 Å². The Morgan fingerprint density at radius 2 is 1.54 bits per heavy atom. The number of hydrogen-bond donors (Lipinski definition) is 0. The molecule has 2 bridgehead atoms. The second kappa shape index (κ2) is 9.29. The molecule has 0 aromatic heterocycles. The summed E-state index contributed by atoms with van der Waals surface area (Å²) in [5, 5.41) is 2.24. The number of hydrazine groups is 1. The maximum atomic E-state index is 13.7. The van der Waals surface area contributed by atoms with Gasteiger partial charge in [-0.05, 0) is 43.4 Å². The molecule has 2 saturated carbocycles. The second-order valence-electron chi connectivity index (χ2n) is 9.27. The highest BCUT2D eigenvalue weighted by Gasteiger charge is 2.67. The molecule has 5 rings (SSSR count). The van der Waals surface area contributed by atoms with E-state index in [1.54, 1.807) is 24.3 Å². The quantitative estimate of drug-likeness (QED) is 0.252. The molecule has 10 heteroatoms. The summed E-state index contributed by atoms with van der Waals surface area (Å²) < 4.78 is 0. The monoisotopic (exact) mass is 640 g/mol. The van der Waals surface area contributed by atoms with Crippen molar-refractivity contribution in [2.24, 2.45) is 23.7 Å². The summed E-state index contributed by atoms with van der Waals surface area (Å²) in [5.41, 5.74) is 1.39. The Hall–Kier alpha value is -1.74. The Bertz CT molecular complexity index is 1220. The van der Waals surface area contributed by atoms with Crippen molar-refractivity contribution >= 4 is 78.6 Å². The molecule has 2 aromatic carbocycles. The lowest BCUT2D eigenvalue weighted by Crippen LogP contribution is -2.52. The Morgan fingerprint density at radius 3 is 2.09 bits per heavy atom. The van der Waals surface area contributed by atoms with Crippen LogP contribution in [0.2, 0.25) is 10.0 Å². The molecule has 6 nitrogen and oxygen atoms in total. The van der Waals surface area contributed by atoms with Crippen LogP contribution >= 0.6 is 55.1 Å². The number of rotatable bonds is 5. The van der Waals surface area contributed by atoms with Crippen molar-refractivity contribution in [3.8, 4) is 0 Å². The van der Waals surface area contributed by atoms with Gasteiger partial charge in [0.05, 0.1) is 22.4 Å². The molecule has 0 unspecified atom stereocenters. The molecular formula is C25H20Br2Cl2N2O4. The van der Waals surface area contributed by atoms with Crippen molar-refractivity contribution in [3.05, 3.63) is 69.2 Å². The summed E-state index contributed by atoms with van der Waals surface area (Å²) in [5.74, 6) is -3.14. The molecule has 2 aromatic rings. The number of hydrogen-bond acceptors (Lipinski definition) is 4. The zero-order valence-electron chi connectivity index (χ0n) is 18.5. The summed E-state index contributed by atoms with van der Waals surface area (Å²) in [4.78, 5) is 54.2. The van der Waals surface area contributed by atoms with E-state index in [4.69, 9.17) is 23.2 Å². The van der Waals surface area contributed by atoms with Crippen LogP contribution in [-0.2, 0) is 9.59 Å². The Balaban J connectivity index is 1.53. The van der Waals surface area contributed by atoms with Crippen molar-refractivity contribution < 1.29 is 19.2 Å². The number of carbonyl (C=O) groups is 4. The van der Waals surface area contributed by atoms with Crippen molar-refractivity contribution in [3.63, 3.8) is 0 Å². The number of carbonyl (C=O) groups excluding carboxylic acids is 4. The smallest absolute Gasteiger partial charge is 0.274 e. The first-order valence-electron chi connectivity index (χ1n) is 11.1. The number of aryl methyl sites for hydroxylation is 1. The van der Waals surface area contributed by atoms with Gasteiger partial charge in [-0.15, -0.1) is 0 Å². The summed E-state index contributed by atoms with van der Waals surface area (Å²) in [6.45, 7) is 1.41. The summed E-state index contributed by atoms with van der Waals surface area (Å²) in [7, 11) is 0. The number of benzene rings is 2. The Labute approximate surface area is 229 Å². The summed E-state index contributed by atoms with van der Waals surface area (Å²) in [6.07, 6.45) is 0.756. The average Bonchev–Trinajstić information content (AvgIpc) is 3.42. The van der Waals surface area contributed by atoms with Crippen LogP contribution in [0.1, 0.15) is 32.7 Å². The molecule has 35 heavy (non-hydrogen) atoms. The number of Topliss-reactive ketones (excluding diaryl/α,β-unsaturated/α-hetero) is 1. The van der Waals surface area contributed by atoms with Crippen molar-refractivity contribution in [1.82, 2.24) is 10.0 Å². The van der Waals surface area contributed by atoms with E-state index < -0.39 is 41.9 Å². The third-order valence-electron chi connectivity index (χ3n) is 7.27. The fraction of sp³-hybridized carbons (Fsp3) is 0.360. The Kier molecular flexibility index (Phi) is 6.62. The first-order valence-corrected chi connectivity index (χ1v) is 13.7. The van der Waals surface area contributed by atoms with Gasteiger partial charge in [-0.25, -0.2) is 5.01 Å². The molecule has 0 spiro atoms. The van der Waals surface area contributed by atoms with Crippen LogP contribution in [-0.4, -0.2) is 49.7 Å². The van der Waals surface area contributed by atoms with Crippen molar-refractivity contribution in [1.29, 1.82) is 0 Å². The van der Waals surface area contributed by atoms with E-state index in [1.807, 2.05) is 6.92 Å². The van der Waals surface area contributed by atoms with Crippen LogP contribution in [0.3, 0.4) is 0 Å². The predicted molar refractivity (Wildman–Crippen MR) is 139 cm³/mol. The van der Waals surface area contributed by atoms with Gasteiger partial charge in [0.1, 0.15) is 6.54 Å². The van der Waals surface area contributed by atoms with Gasteiger partial charge in [-0.2, -0.15) is 5.01 Å². The van der Waals surface area contributed by atoms with Gasteiger partial charge in [-0.3, -0.25) is 19.2 Å². The van der Waals surface area contributed by atoms with Gasteiger partial charge in [0, 0.05) is 20.2 Å². The lowest BCUT2D eigenvalue weighted by Gasteiger charge is -2.31. The number of fused-ring (bicyclic) bond motifs is 5. The minimum atomic E-state index is -0.716. The van der Waals surface area contributed by atoms with E-state index in [-0.39, 0.29) is 32.1 Å². The third-order valence-corrected chi connectivity index (χ3v) is 11.0. The van der Waals surface area contributed by atoms with Crippen LogP contribution in [0.4, 0.5) is 0 Å². The van der Waals surface area contributed by atoms with E-state index in [0.717, 1.165) is 22.0 Å². The lowest BCUT2D eigenvalue weighted by atomic mass is 9.81. The van der Waals surface area contributed by atoms with E-state index in [0.29, 0.717) is 10.6 Å². The molecule has 182 valence electrons. The minimum absolute atomic E-state index is 0.0281. The molecular weight excluding hydrogens is 623 g/mol. The number of alkyl halides is 2. The van der Waals surface area contributed by atoms with Gasteiger partial charge < -0.3 is 0 Å². The van der Waals surface area contributed by atoms with Crippen molar-refractivity contribution in [2.45, 2.75) is 23.0 Å². The molecule has 6 atom stereocenters. The van der Waals surface area contributed by atoms with Gasteiger partial charge in [0.15, 0.2) is 5.78 Å². The van der Waals surface area contributed by atoms with E-state index in [2.05, 4.69) is 31.9 Å². The standard InChI is InChI=1S/C25H20Br2Cl2N2O4/c1-11-2-4-12(5-3-11)18(32)10-30(23(33)14-7-6-13(28)8-17(14)29)31-24(34)19-15-9-16(20(19)25(31)35)22(27)21(15)26/h2-8,15-16,19-22H,9-10H2,1H3/t15-,16-,19-,20-,21-,22+/m1/s1. The van der Waals surface area contributed by atoms with E-state index >= 15 is 0 Å². The van der Waals surface area contributed by atoms with Gasteiger partial charge >= 0.3 is 0 Å². The molecule has 1 heterocycles. The maximum Gasteiger partial charge on any atom is 0.274 e. The van der Waals surface area contributed by atoms with Crippen LogP contribution in [0.15, 0.2) is 42.5 Å². The van der Waals surface area contributed by atoms with Crippen molar-refractivity contribution in [2.75, 3.05) is 6.54 Å².